The number of nitrogens with zero attached hydrogens (tertiary/aromatic N) is 2. The fourth-order valence-electron chi connectivity index (χ4n) is 2.12. The lowest BCUT2D eigenvalue weighted by Gasteiger charge is -2.08. The summed E-state index contributed by atoms with van der Waals surface area (Å²) in [6, 6.07) is 14.0. The highest BCUT2D eigenvalue weighted by molar-refractivity contribution is 9.10. The summed E-state index contributed by atoms with van der Waals surface area (Å²) in [4.78, 5) is 19.7. The molecule has 0 radical (unpaired) electrons. The number of nitro benzene ring substituents is 2. The number of aromatic hydroxyl groups is 1. The van der Waals surface area contributed by atoms with Crippen molar-refractivity contribution in [3.63, 3.8) is 0 Å². The first-order valence-electron chi connectivity index (χ1n) is 8.11. The number of nitro groups is 2. The smallest absolute Gasteiger partial charge is 0.270 e. The fraction of sp³-hybridized carbons (Fsp3) is 0.0526. The van der Waals surface area contributed by atoms with Gasteiger partial charge in [0.1, 0.15) is 23.9 Å². The van der Waals surface area contributed by atoms with Gasteiger partial charge in [-0.25, -0.2) is 4.39 Å². The van der Waals surface area contributed by atoms with Gasteiger partial charge in [-0.05, 0) is 61.7 Å². The predicted molar refractivity (Wildman–Crippen MR) is 114 cm³/mol. The van der Waals surface area contributed by atoms with E-state index < -0.39 is 9.85 Å². The average molecular weight is 544 g/mol. The van der Waals surface area contributed by atoms with Crippen molar-refractivity contribution in [2.24, 2.45) is 0 Å². The Labute approximate surface area is 186 Å². The first-order valence-corrected chi connectivity index (χ1v) is 9.70. The molecule has 8 nitrogen and oxygen atoms in total. The zero-order valence-corrected chi connectivity index (χ0v) is 18.2. The van der Waals surface area contributed by atoms with Gasteiger partial charge in [0.15, 0.2) is 0 Å². The molecule has 3 rings (SSSR count). The molecule has 0 aliphatic heterocycles. The molecule has 0 spiro atoms. The first kappa shape index (κ1) is 23.2. The van der Waals surface area contributed by atoms with Crippen LogP contribution in [0, 0.1) is 26.0 Å². The van der Waals surface area contributed by atoms with Crippen molar-refractivity contribution in [1.29, 1.82) is 0 Å². The summed E-state index contributed by atoms with van der Waals surface area (Å²) in [5.41, 5.74) is 0.616. The number of phenols is 1. The Bertz CT molecular complexity index is 1080. The van der Waals surface area contributed by atoms with Crippen LogP contribution in [0.2, 0.25) is 0 Å². The van der Waals surface area contributed by atoms with E-state index in [1.165, 1.54) is 48.5 Å². The second-order valence-corrected chi connectivity index (χ2v) is 7.39. The number of benzene rings is 3. The molecule has 156 valence electrons. The van der Waals surface area contributed by atoms with Crippen LogP contribution in [0.15, 0.2) is 69.6 Å². The molecule has 0 amide bonds. The van der Waals surface area contributed by atoms with Crippen molar-refractivity contribution in [2.75, 3.05) is 0 Å². The lowest BCUT2D eigenvalue weighted by atomic mass is 10.2. The van der Waals surface area contributed by atoms with Gasteiger partial charge in [0, 0.05) is 24.3 Å². The highest BCUT2D eigenvalue weighted by Crippen LogP contribution is 2.30. The van der Waals surface area contributed by atoms with E-state index in [4.69, 9.17) is 9.84 Å². The van der Waals surface area contributed by atoms with Crippen LogP contribution < -0.4 is 4.74 Å². The minimum absolute atomic E-state index is 0.00407. The molecule has 30 heavy (non-hydrogen) atoms. The van der Waals surface area contributed by atoms with Gasteiger partial charge in [0.2, 0.25) is 0 Å². The Morgan fingerprint density at radius 1 is 0.900 bits per heavy atom. The third-order valence-corrected chi connectivity index (χ3v) is 4.81. The maximum atomic E-state index is 13.0. The van der Waals surface area contributed by atoms with Crippen molar-refractivity contribution in [1.82, 2.24) is 0 Å². The second kappa shape index (κ2) is 10.6. The fourth-order valence-corrected chi connectivity index (χ4v) is 2.97. The number of halogens is 3. The van der Waals surface area contributed by atoms with Gasteiger partial charge in [-0.1, -0.05) is 12.1 Å². The predicted octanol–water partition coefficient (Wildman–Crippen LogP) is 6.14. The van der Waals surface area contributed by atoms with Crippen LogP contribution in [-0.4, -0.2) is 15.0 Å². The third kappa shape index (κ3) is 6.78. The van der Waals surface area contributed by atoms with Gasteiger partial charge in [0.25, 0.3) is 11.4 Å². The molecule has 0 saturated heterocycles. The molecule has 0 heterocycles. The standard InChI is InChI=1S/C13H9BrFNO3.C6H4BrNO3/c14-12-7-11(16(17)18)4-5-13(12)19-8-9-2-1-3-10(15)6-9;7-5-3-4(8(10)11)1-2-6(5)9/h1-7H,8H2;1-3,9H. The normalized spacial score (nSPS) is 9.97. The van der Waals surface area contributed by atoms with Crippen LogP contribution in [0.5, 0.6) is 11.5 Å². The topological polar surface area (TPSA) is 116 Å². The summed E-state index contributed by atoms with van der Waals surface area (Å²) in [6.45, 7) is 0.189. The lowest BCUT2D eigenvalue weighted by Crippen LogP contribution is -1.97. The van der Waals surface area contributed by atoms with Crippen molar-refractivity contribution in [3.05, 3.63) is 101 Å². The average Bonchev–Trinajstić information content (AvgIpc) is 2.69. The molecule has 1 N–H and O–H groups in total. The minimum atomic E-state index is -0.524. The van der Waals surface area contributed by atoms with Crippen LogP contribution in [0.4, 0.5) is 15.8 Å². The number of non-ortho nitro benzene ring substituents is 2. The number of hydrogen-bond donors (Lipinski definition) is 1. The number of rotatable bonds is 5. The number of ether oxygens (including phenoxy) is 1. The number of phenolic OH excluding ortho intramolecular Hbond substituents is 1. The van der Waals surface area contributed by atoms with Crippen LogP contribution in [0.25, 0.3) is 0 Å². The number of hydrogen-bond acceptors (Lipinski definition) is 6. The van der Waals surface area contributed by atoms with E-state index in [2.05, 4.69) is 31.9 Å². The molecule has 0 fully saturated rings. The van der Waals surface area contributed by atoms with E-state index >= 15 is 0 Å². The monoisotopic (exact) mass is 542 g/mol. The molecule has 0 aliphatic rings. The van der Waals surface area contributed by atoms with Crippen LogP contribution in [0.1, 0.15) is 5.56 Å². The molecular formula is C19H13Br2FN2O6. The third-order valence-electron chi connectivity index (χ3n) is 3.55. The molecule has 0 aromatic heterocycles. The maximum absolute atomic E-state index is 13.0. The van der Waals surface area contributed by atoms with Gasteiger partial charge in [-0.15, -0.1) is 0 Å². The second-order valence-electron chi connectivity index (χ2n) is 5.68. The molecule has 11 heteroatoms. The van der Waals surface area contributed by atoms with Crippen LogP contribution >= 0.6 is 31.9 Å². The van der Waals surface area contributed by atoms with Gasteiger partial charge in [-0.2, -0.15) is 0 Å². The SMILES string of the molecule is O=[N+]([O-])c1ccc(O)c(Br)c1.O=[N+]([O-])c1ccc(OCc2cccc(F)c2)c(Br)c1. The van der Waals surface area contributed by atoms with Crippen LogP contribution in [-0.2, 0) is 6.61 Å². The van der Waals surface area contributed by atoms with E-state index in [0.29, 0.717) is 20.3 Å². The van der Waals surface area contributed by atoms with Gasteiger partial charge >= 0.3 is 0 Å². The molecule has 0 atom stereocenters. The quantitative estimate of drug-likeness (QED) is 0.305. The Morgan fingerprint density at radius 2 is 1.50 bits per heavy atom. The van der Waals surface area contributed by atoms with E-state index in [-0.39, 0.29) is 29.5 Å². The molecule has 3 aromatic rings. The van der Waals surface area contributed by atoms with Crippen molar-refractivity contribution < 1.29 is 24.1 Å². The molecule has 0 bridgehead atoms. The molecule has 3 aromatic carbocycles. The van der Waals surface area contributed by atoms with E-state index in [0.717, 1.165) is 0 Å². The van der Waals surface area contributed by atoms with E-state index in [1.54, 1.807) is 12.1 Å². The van der Waals surface area contributed by atoms with Gasteiger partial charge in [0.05, 0.1) is 18.8 Å². The minimum Gasteiger partial charge on any atom is -0.507 e. The van der Waals surface area contributed by atoms with Crippen molar-refractivity contribution in [3.8, 4) is 11.5 Å². The zero-order chi connectivity index (χ0) is 22.3. The van der Waals surface area contributed by atoms with Crippen molar-refractivity contribution in [2.45, 2.75) is 6.61 Å². The van der Waals surface area contributed by atoms with Crippen LogP contribution in [0.3, 0.4) is 0 Å². The molecule has 0 unspecified atom stereocenters. The Balaban J connectivity index is 0.000000248. The largest absolute Gasteiger partial charge is 0.507 e. The van der Waals surface area contributed by atoms with E-state index in [1.807, 2.05) is 0 Å². The Hall–Kier alpha value is -3.05. The summed E-state index contributed by atoms with van der Waals surface area (Å²) >= 11 is 6.16. The van der Waals surface area contributed by atoms with Crippen molar-refractivity contribution >= 4 is 43.2 Å². The summed E-state index contributed by atoms with van der Waals surface area (Å²) in [5, 5.41) is 29.7. The maximum Gasteiger partial charge on any atom is 0.270 e. The summed E-state index contributed by atoms with van der Waals surface area (Å²) in [5.74, 6) is 0.134. The summed E-state index contributed by atoms with van der Waals surface area (Å²) in [7, 11) is 0. The van der Waals surface area contributed by atoms with E-state index in [9.17, 15) is 24.6 Å². The van der Waals surface area contributed by atoms with Gasteiger partial charge < -0.3 is 9.84 Å². The summed E-state index contributed by atoms with van der Waals surface area (Å²) < 4.78 is 19.3. The first-order chi connectivity index (χ1) is 14.2. The molecular weight excluding hydrogens is 531 g/mol. The highest BCUT2D eigenvalue weighted by atomic mass is 79.9. The summed E-state index contributed by atoms with van der Waals surface area (Å²) in [6.07, 6.45) is 0. The Morgan fingerprint density at radius 3 is 2.03 bits per heavy atom. The molecule has 0 aliphatic carbocycles. The van der Waals surface area contributed by atoms with Gasteiger partial charge in [-0.3, -0.25) is 20.2 Å². The lowest BCUT2D eigenvalue weighted by molar-refractivity contribution is -0.385. The zero-order valence-electron chi connectivity index (χ0n) is 15.0. The Kier molecular flexibility index (Phi) is 8.25. The molecule has 0 saturated carbocycles. The highest BCUT2D eigenvalue weighted by Gasteiger charge is 2.10.